The SMILES string of the molecule is COC(=O)c1cc(Cc2ccc(-n3cccn3)cc2)c(OC)cn1. The molecular formula is C18H17N3O3. The Kier molecular flexibility index (Phi) is 4.56. The number of pyridine rings is 1. The van der Waals surface area contributed by atoms with Crippen LogP contribution < -0.4 is 4.74 Å². The number of aromatic nitrogens is 3. The molecule has 0 unspecified atom stereocenters. The molecule has 6 heteroatoms. The Bertz CT molecular complexity index is 827. The minimum atomic E-state index is -0.465. The monoisotopic (exact) mass is 323 g/mol. The summed E-state index contributed by atoms with van der Waals surface area (Å²) in [5.74, 6) is 0.173. The largest absolute Gasteiger partial charge is 0.495 e. The van der Waals surface area contributed by atoms with E-state index in [1.807, 2.05) is 36.5 Å². The van der Waals surface area contributed by atoms with Gasteiger partial charge >= 0.3 is 5.97 Å². The van der Waals surface area contributed by atoms with Gasteiger partial charge in [0.2, 0.25) is 0 Å². The van der Waals surface area contributed by atoms with Crippen LogP contribution in [-0.2, 0) is 11.2 Å². The Labute approximate surface area is 139 Å². The van der Waals surface area contributed by atoms with Crippen molar-refractivity contribution in [1.29, 1.82) is 0 Å². The molecule has 0 saturated heterocycles. The zero-order valence-corrected chi connectivity index (χ0v) is 13.5. The number of hydrogen-bond donors (Lipinski definition) is 0. The van der Waals surface area contributed by atoms with Crippen LogP contribution in [0.2, 0.25) is 0 Å². The minimum absolute atomic E-state index is 0.265. The molecule has 0 aliphatic rings. The number of esters is 1. The summed E-state index contributed by atoms with van der Waals surface area (Å²) in [4.78, 5) is 15.7. The zero-order chi connectivity index (χ0) is 16.9. The highest BCUT2D eigenvalue weighted by Gasteiger charge is 2.12. The number of carbonyl (C=O) groups excluding carboxylic acids is 1. The van der Waals surface area contributed by atoms with Crippen LogP contribution in [0.1, 0.15) is 21.6 Å². The molecule has 0 radical (unpaired) electrons. The Balaban J connectivity index is 1.85. The summed E-state index contributed by atoms with van der Waals surface area (Å²) in [6, 6.07) is 11.6. The highest BCUT2D eigenvalue weighted by molar-refractivity contribution is 5.87. The number of nitrogens with zero attached hydrogens (tertiary/aromatic N) is 3. The summed E-state index contributed by atoms with van der Waals surface area (Å²) in [6.45, 7) is 0. The molecule has 2 aromatic heterocycles. The van der Waals surface area contributed by atoms with Crippen molar-refractivity contribution in [2.24, 2.45) is 0 Å². The van der Waals surface area contributed by atoms with Gasteiger partial charge in [-0.25, -0.2) is 14.5 Å². The standard InChI is InChI=1S/C18H17N3O3/c1-23-17-12-19-16(18(22)24-2)11-14(17)10-13-4-6-15(7-5-13)21-9-3-8-20-21/h3-9,11-12H,10H2,1-2H3. The molecule has 0 fully saturated rings. The smallest absolute Gasteiger partial charge is 0.356 e. The van der Waals surface area contributed by atoms with Gasteiger partial charge in [0.1, 0.15) is 11.4 Å². The summed E-state index contributed by atoms with van der Waals surface area (Å²) < 4.78 is 11.9. The summed E-state index contributed by atoms with van der Waals surface area (Å²) >= 11 is 0. The fourth-order valence-corrected chi connectivity index (χ4v) is 2.43. The number of ether oxygens (including phenoxy) is 2. The van der Waals surface area contributed by atoms with Crippen LogP contribution in [0.4, 0.5) is 0 Å². The van der Waals surface area contributed by atoms with E-state index in [0.717, 1.165) is 16.8 Å². The molecular weight excluding hydrogens is 306 g/mol. The third-order valence-electron chi connectivity index (χ3n) is 3.66. The van der Waals surface area contributed by atoms with E-state index in [1.165, 1.54) is 7.11 Å². The first-order valence-electron chi connectivity index (χ1n) is 7.41. The molecule has 122 valence electrons. The van der Waals surface area contributed by atoms with Crippen LogP contribution in [0.25, 0.3) is 5.69 Å². The van der Waals surface area contributed by atoms with Crippen LogP contribution in [0.3, 0.4) is 0 Å². The first-order valence-corrected chi connectivity index (χ1v) is 7.41. The molecule has 0 aliphatic carbocycles. The van der Waals surface area contributed by atoms with Gasteiger partial charge in [-0.2, -0.15) is 5.10 Å². The first kappa shape index (κ1) is 15.7. The van der Waals surface area contributed by atoms with Crippen LogP contribution in [-0.4, -0.2) is 35.0 Å². The van der Waals surface area contributed by atoms with E-state index in [2.05, 4.69) is 10.1 Å². The van der Waals surface area contributed by atoms with Crippen molar-refractivity contribution in [2.75, 3.05) is 14.2 Å². The van der Waals surface area contributed by atoms with Crippen molar-refractivity contribution in [3.8, 4) is 11.4 Å². The lowest BCUT2D eigenvalue weighted by atomic mass is 10.0. The molecule has 0 aliphatic heterocycles. The number of methoxy groups -OCH3 is 2. The Morgan fingerprint density at radius 2 is 2.00 bits per heavy atom. The maximum absolute atomic E-state index is 11.7. The quantitative estimate of drug-likeness (QED) is 0.675. The topological polar surface area (TPSA) is 66.2 Å². The van der Waals surface area contributed by atoms with Gasteiger partial charge < -0.3 is 9.47 Å². The summed E-state index contributed by atoms with van der Waals surface area (Å²) in [5, 5.41) is 4.20. The van der Waals surface area contributed by atoms with Crippen LogP contribution >= 0.6 is 0 Å². The highest BCUT2D eigenvalue weighted by atomic mass is 16.5. The molecule has 1 aromatic carbocycles. The van der Waals surface area contributed by atoms with Crippen molar-refractivity contribution < 1.29 is 14.3 Å². The normalized spacial score (nSPS) is 10.4. The third kappa shape index (κ3) is 3.27. The average Bonchev–Trinajstić information content (AvgIpc) is 3.16. The molecule has 0 N–H and O–H groups in total. The maximum Gasteiger partial charge on any atom is 0.356 e. The number of rotatable bonds is 5. The van der Waals surface area contributed by atoms with Crippen molar-refractivity contribution in [3.05, 3.63) is 71.8 Å². The second-order valence-electron chi connectivity index (χ2n) is 5.17. The predicted molar refractivity (Wildman–Crippen MR) is 88.5 cm³/mol. The third-order valence-corrected chi connectivity index (χ3v) is 3.66. The van der Waals surface area contributed by atoms with Gasteiger partial charge in [0, 0.05) is 24.4 Å². The van der Waals surface area contributed by atoms with Gasteiger partial charge in [-0.15, -0.1) is 0 Å². The van der Waals surface area contributed by atoms with E-state index in [4.69, 9.17) is 9.47 Å². The van der Waals surface area contributed by atoms with Crippen molar-refractivity contribution in [3.63, 3.8) is 0 Å². The Morgan fingerprint density at radius 1 is 1.21 bits per heavy atom. The van der Waals surface area contributed by atoms with Gasteiger partial charge in [-0.05, 0) is 29.8 Å². The van der Waals surface area contributed by atoms with Gasteiger partial charge in [0.15, 0.2) is 0 Å². The summed E-state index contributed by atoms with van der Waals surface area (Å²) in [6.07, 6.45) is 5.79. The molecule has 3 aromatic rings. The second kappa shape index (κ2) is 6.95. The molecule has 6 nitrogen and oxygen atoms in total. The van der Waals surface area contributed by atoms with Gasteiger partial charge in [0.05, 0.1) is 26.1 Å². The van der Waals surface area contributed by atoms with Crippen LogP contribution in [0.15, 0.2) is 55.0 Å². The Morgan fingerprint density at radius 3 is 2.62 bits per heavy atom. The van der Waals surface area contributed by atoms with Crippen molar-refractivity contribution in [1.82, 2.24) is 14.8 Å². The summed E-state index contributed by atoms with van der Waals surface area (Å²) in [7, 11) is 2.92. The number of carbonyl (C=O) groups is 1. The van der Waals surface area contributed by atoms with E-state index in [9.17, 15) is 4.79 Å². The van der Waals surface area contributed by atoms with E-state index in [-0.39, 0.29) is 5.69 Å². The van der Waals surface area contributed by atoms with Crippen LogP contribution in [0, 0.1) is 0 Å². The lowest BCUT2D eigenvalue weighted by Gasteiger charge is -2.10. The average molecular weight is 323 g/mol. The van der Waals surface area contributed by atoms with Crippen LogP contribution in [0.5, 0.6) is 5.75 Å². The lowest BCUT2D eigenvalue weighted by molar-refractivity contribution is 0.0594. The number of benzene rings is 1. The molecule has 3 rings (SSSR count). The molecule has 0 spiro atoms. The van der Waals surface area contributed by atoms with Gasteiger partial charge in [0.25, 0.3) is 0 Å². The molecule has 24 heavy (non-hydrogen) atoms. The van der Waals surface area contributed by atoms with E-state index < -0.39 is 5.97 Å². The van der Waals surface area contributed by atoms with Gasteiger partial charge in [-0.3, -0.25) is 0 Å². The molecule has 0 amide bonds. The van der Waals surface area contributed by atoms with E-state index >= 15 is 0 Å². The maximum atomic E-state index is 11.7. The van der Waals surface area contributed by atoms with Crippen molar-refractivity contribution in [2.45, 2.75) is 6.42 Å². The van der Waals surface area contributed by atoms with Gasteiger partial charge in [-0.1, -0.05) is 12.1 Å². The fourth-order valence-electron chi connectivity index (χ4n) is 2.43. The molecule has 2 heterocycles. The summed E-state index contributed by atoms with van der Waals surface area (Å²) in [5.41, 5.74) is 3.22. The van der Waals surface area contributed by atoms with E-state index in [0.29, 0.717) is 12.2 Å². The highest BCUT2D eigenvalue weighted by Crippen LogP contribution is 2.22. The lowest BCUT2D eigenvalue weighted by Crippen LogP contribution is -2.06. The molecule has 0 atom stereocenters. The fraction of sp³-hybridized carbons (Fsp3) is 0.167. The number of hydrogen-bond acceptors (Lipinski definition) is 5. The minimum Gasteiger partial charge on any atom is -0.495 e. The molecule has 0 bridgehead atoms. The predicted octanol–water partition coefficient (Wildman–Crippen LogP) is 2.65. The van der Waals surface area contributed by atoms with E-state index in [1.54, 1.807) is 30.3 Å². The zero-order valence-electron chi connectivity index (χ0n) is 13.5. The van der Waals surface area contributed by atoms with Crippen molar-refractivity contribution >= 4 is 5.97 Å². The first-order chi connectivity index (χ1) is 11.7. The Hall–Kier alpha value is -3.15. The molecule has 0 saturated carbocycles. The second-order valence-corrected chi connectivity index (χ2v) is 5.17.